The maximum absolute atomic E-state index is 13.7. The van der Waals surface area contributed by atoms with Crippen LogP contribution in [0.1, 0.15) is 19.2 Å². The van der Waals surface area contributed by atoms with Gasteiger partial charge in [0, 0.05) is 30.1 Å². The highest BCUT2D eigenvalue weighted by atomic mass is 19.1. The van der Waals surface area contributed by atoms with Gasteiger partial charge in [0.15, 0.2) is 6.29 Å². The molecule has 2 aromatic carbocycles. The van der Waals surface area contributed by atoms with Gasteiger partial charge in [0.1, 0.15) is 17.4 Å². The van der Waals surface area contributed by atoms with E-state index in [0.717, 1.165) is 17.7 Å². The molecule has 1 saturated heterocycles. The van der Waals surface area contributed by atoms with E-state index in [0.29, 0.717) is 47.6 Å². The lowest BCUT2D eigenvalue weighted by atomic mass is 10.1. The van der Waals surface area contributed by atoms with Crippen molar-refractivity contribution < 1.29 is 23.4 Å². The number of halogens is 1. The van der Waals surface area contributed by atoms with Gasteiger partial charge in [0.05, 0.1) is 49.7 Å². The third-order valence-electron chi connectivity index (χ3n) is 6.35. The molecule has 1 aliphatic rings. The summed E-state index contributed by atoms with van der Waals surface area (Å²) in [6.45, 7) is 3.16. The fraction of sp³-hybridized carbons (Fsp3) is 0.310. The fourth-order valence-electron chi connectivity index (χ4n) is 4.27. The fourth-order valence-corrected chi connectivity index (χ4v) is 4.27. The molecule has 0 bridgehead atoms. The van der Waals surface area contributed by atoms with Crippen molar-refractivity contribution in [1.82, 2.24) is 25.3 Å². The van der Waals surface area contributed by atoms with Crippen molar-refractivity contribution in [3.05, 3.63) is 72.4 Å². The van der Waals surface area contributed by atoms with Gasteiger partial charge in [-0.05, 0) is 48.9 Å². The Hall–Kier alpha value is -4.35. The summed E-state index contributed by atoms with van der Waals surface area (Å²) in [5.74, 6) is 0.947. The predicted molar refractivity (Wildman–Crippen MR) is 147 cm³/mol. The monoisotopic (exact) mass is 546 g/mol. The van der Waals surface area contributed by atoms with Crippen LogP contribution in [0.15, 0.2) is 60.8 Å². The number of anilines is 2. The summed E-state index contributed by atoms with van der Waals surface area (Å²) >= 11 is 0. The molecular weight excluding hydrogens is 515 g/mol. The highest BCUT2D eigenvalue weighted by Crippen LogP contribution is 2.31. The molecule has 1 amide bonds. The van der Waals surface area contributed by atoms with Crippen molar-refractivity contribution in [1.29, 1.82) is 0 Å². The molecule has 4 aromatic rings. The van der Waals surface area contributed by atoms with E-state index >= 15 is 0 Å². The zero-order valence-electron chi connectivity index (χ0n) is 22.3. The molecule has 0 radical (unpaired) electrons. The molecule has 3 heterocycles. The van der Waals surface area contributed by atoms with Gasteiger partial charge in [-0.25, -0.2) is 19.3 Å². The van der Waals surface area contributed by atoms with E-state index in [4.69, 9.17) is 24.2 Å². The number of aromatic amines is 1. The Labute approximate surface area is 231 Å². The SMILES string of the molecule is CCCNC(=O)C1COC(Cc2nc(-c3ccc(F)cc3)c(-c3ccnc(Nc4cccc(OC)c4)n3)[nH]2)OC1. The van der Waals surface area contributed by atoms with Crippen LogP contribution < -0.4 is 15.4 Å². The molecule has 5 rings (SSSR count). The number of nitrogens with one attached hydrogen (secondary N) is 3. The molecule has 1 fully saturated rings. The number of hydrogen-bond donors (Lipinski definition) is 3. The number of amides is 1. The number of benzene rings is 2. The van der Waals surface area contributed by atoms with Crippen molar-refractivity contribution in [2.75, 3.05) is 32.2 Å². The van der Waals surface area contributed by atoms with Crippen LogP contribution in [0.2, 0.25) is 0 Å². The molecule has 40 heavy (non-hydrogen) atoms. The summed E-state index contributed by atoms with van der Waals surface area (Å²) in [7, 11) is 1.61. The normalized spacial score (nSPS) is 16.9. The average molecular weight is 547 g/mol. The molecule has 0 atom stereocenters. The van der Waals surface area contributed by atoms with E-state index in [2.05, 4.69) is 20.6 Å². The van der Waals surface area contributed by atoms with Gasteiger partial charge in [-0.2, -0.15) is 0 Å². The highest BCUT2D eigenvalue weighted by molar-refractivity contribution is 5.79. The molecule has 11 heteroatoms. The largest absolute Gasteiger partial charge is 0.497 e. The summed E-state index contributed by atoms with van der Waals surface area (Å²) in [6.07, 6.45) is 2.28. The number of rotatable bonds is 10. The van der Waals surface area contributed by atoms with E-state index in [1.165, 1.54) is 12.1 Å². The van der Waals surface area contributed by atoms with Gasteiger partial charge in [-0.15, -0.1) is 0 Å². The number of carbonyl (C=O) groups is 1. The van der Waals surface area contributed by atoms with Crippen LogP contribution in [-0.2, 0) is 20.7 Å². The summed E-state index contributed by atoms with van der Waals surface area (Å²) < 4.78 is 30.7. The minimum Gasteiger partial charge on any atom is -0.497 e. The lowest BCUT2D eigenvalue weighted by Crippen LogP contribution is -2.42. The maximum atomic E-state index is 13.7. The predicted octanol–water partition coefficient (Wildman–Crippen LogP) is 4.48. The second kappa shape index (κ2) is 12.7. The van der Waals surface area contributed by atoms with Crippen molar-refractivity contribution >= 4 is 17.5 Å². The lowest BCUT2D eigenvalue weighted by Gasteiger charge is -2.28. The van der Waals surface area contributed by atoms with Gasteiger partial charge >= 0.3 is 0 Å². The number of methoxy groups -OCH3 is 1. The van der Waals surface area contributed by atoms with Crippen LogP contribution in [0.3, 0.4) is 0 Å². The number of aromatic nitrogens is 4. The van der Waals surface area contributed by atoms with Crippen LogP contribution in [0, 0.1) is 11.7 Å². The third-order valence-corrected chi connectivity index (χ3v) is 6.35. The zero-order chi connectivity index (χ0) is 27.9. The Kier molecular flexibility index (Phi) is 8.62. The first-order chi connectivity index (χ1) is 19.5. The quantitative estimate of drug-likeness (QED) is 0.266. The van der Waals surface area contributed by atoms with Gasteiger partial charge in [0.25, 0.3) is 0 Å². The Morgan fingerprint density at radius 3 is 2.67 bits per heavy atom. The Balaban J connectivity index is 1.37. The summed E-state index contributed by atoms with van der Waals surface area (Å²) in [6, 6.07) is 15.3. The molecule has 0 saturated carbocycles. The van der Waals surface area contributed by atoms with Crippen molar-refractivity contribution in [2.24, 2.45) is 5.92 Å². The Bertz CT molecular complexity index is 1440. The van der Waals surface area contributed by atoms with Crippen LogP contribution in [0.4, 0.5) is 16.0 Å². The number of H-pyrrole nitrogens is 1. The van der Waals surface area contributed by atoms with Crippen LogP contribution in [0.25, 0.3) is 22.6 Å². The number of carbonyl (C=O) groups excluding carboxylic acids is 1. The average Bonchev–Trinajstić information content (AvgIpc) is 3.40. The Morgan fingerprint density at radius 2 is 1.93 bits per heavy atom. The molecule has 0 unspecified atom stereocenters. The molecule has 3 N–H and O–H groups in total. The standard InChI is InChI=1S/C29H31FN6O4/c1-3-12-31-28(37)19-16-39-25(40-17-19)15-24-35-26(18-7-9-20(30)10-8-18)27(36-24)23-11-13-32-29(34-23)33-21-5-4-6-22(14-21)38-2/h4-11,13-14,19,25H,3,12,15-17H2,1-2H3,(H,31,37)(H,35,36)(H,32,33,34). The minimum absolute atomic E-state index is 0.0682. The van der Waals surface area contributed by atoms with E-state index in [-0.39, 0.29) is 30.9 Å². The highest BCUT2D eigenvalue weighted by Gasteiger charge is 2.28. The van der Waals surface area contributed by atoms with Crippen LogP contribution in [0.5, 0.6) is 5.75 Å². The van der Waals surface area contributed by atoms with Gasteiger partial charge in [-0.1, -0.05) is 13.0 Å². The number of imidazole rings is 1. The molecule has 1 aliphatic heterocycles. The van der Waals surface area contributed by atoms with Crippen LogP contribution in [-0.4, -0.2) is 59.0 Å². The lowest BCUT2D eigenvalue weighted by molar-refractivity contribution is -0.200. The van der Waals surface area contributed by atoms with Crippen molar-refractivity contribution in [3.8, 4) is 28.4 Å². The Morgan fingerprint density at radius 1 is 1.12 bits per heavy atom. The second-order valence-electron chi connectivity index (χ2n) is 9.32. The number of nitrogens with zero attached hydrogens (tertiary/aromatic N) is 3. The summed E-state index contributed by atoms with van der Waals surface area (Å²) in [5.41, 5.74) is 3.34. The molecular formula is C29H31FN6O4. The summed E-state index contributed by atoms with van der Waals surface area (Å²) in [4.78, 5) is 29.4. The third kappa shape index (κ3) is 6.61. The maximum Gasteiger partial charge on any atom is 0.227 e. The first-order valence-electron chi connectivity index (χ1n) is 13.1. The first kappa shape index (κ1) is 27.2. The van der Waals surface area contributed by atoms with E-state index in [1.807, 2.05) is 31.2 Å². The van der Waals surface area contributed by atoms with Gasteiger partial charge in [-0.3, -0.25) is 4.79 Å². The molecule has 0 spiro atoms. The number of hydrogen-bond acceptors (Lipinski definition) is 8. The smallest absolute Gasteiger partial charge is 0.227 e. The molecule has 2 aromatic heterocycles. The molecule has 208 valence electrons. The van der Waals surface area contributed by atoms with Crippen molar-refractivity contribution in [3.63, 3.8) is 0 Å². The van der Waals surface area contributed by atoms with Crippen molar-refractivity contribution in [2.45, 2.75) is 26.1 Å². The summed E-state index contributed by atoms with van der Waals surface area (Å²) in [5, 5.41) is 6.07. The molecule has 0 aliphatic carbocycles. The van der Waals surface area contributed by atoms with E-state index < -0.39 is 6.29 Å². The van der Waals surface area contributed by atoms with E-state index in [9.17, 15) is 9.18 Å². The van der Waals surface area contributed by atoms with Gasteiger partial charge in [0.2, 0.25) is 11.9 Å². The first-order valence-corrected chi connectivity index (χ1v) is 13.1. The van der Waals surface area contributed by atoms with Gasteiger partial charge < -0.3 is 29.8 Å². The van der Waals surface area contributed by atoms with Crippen LogP contribution >= 0.6 is 0 Å². The number of ether oxygens (including phenoxy) is 3. The minimum atomic E-state index is -0.564. The zero-order valence-corrected chi connectivity index (χ0v) is 22.3. The topological polar surface area (TPSA) is 123 Å². The van der Waals surface area contributed by atoms with E-state index in [1.54, 1.807) is 31.5 Å². The molecule has 10 nitrogen and oxygen atoms in total. The second-order valence-corrected chi connectivity index (χ2v) is 9.32.